The minimum atomic E-state index is 0.674. The maximum Gasteiger partial charge on any atom is 0.0766 e. The van der Waals surface area contributed by atoms with Gasteiger partial charge < -0.3 is 11.1 Å². The fourth-order valence-electron chi connectivity index (χ4n) is 1.44. The number of hydrogen-bond donors (Lipinski definition) is 3. The van der Waals surface area contributed by atoms with Crippen molar-refractivity contribution in [2.45, 2.75) is 6.92 Å². The molecule has 1 aromatic heterocycles. The van der Waals surface area contributed by atoms with E-state index in [9.17, 15) is 0 Å². The highest BCUT2D eigenvalue weighted by atomic mass is 32.1. The lowest BCUT2D eigenvalue weighted by Crippen LogP contribution is -2.06. The number of rotatable bonds is 2. The summed E-state index contributed by atoms with van der Waals surface area (Å²) >= 11 is 4.99. The number of nitrogens with one attached hydrogen (secondary N) is 2. The van der Waals surface area contributed by atoms with E-state index in [1.54, 1.807) is 6.20 Å². The highest BCUT2D eigenvalue weighted by molar-refractivity contribution is 7.80. The second-order valence-electron chi connectivity index (χ2n) is 3.45. The van der Waals surface area contributed by atoms with E-state index >= 15 is 0 Å². The van der Waals surface area contributed by atoms with Crippen LogP contribution >= 0.6 is 12.2 Å². The molecule has 2 aromatic rings. The summed E-state index contributed by atoms with van der Waals surface area (Å²) in [5.74, 6) is 0. The summed E-state index contributed by atoms with van der Waals surface area (Å²) in [4.78, 5) is 0.688. The first-order valence-electron chi connectivity index (χ1n) is 4.83. The van der Waals surface area contributed by atoms with Gasteiger partial charge in [0.2, 0.25) is 0 Å². The fraction of sp³-hybridized carbons (Fsp3) is 0.0909. The molecule has 4 N–H and O–H groups in total. The van der Waals surface area contributed by atoms with E-state index < -0.39 is 0 Å². The van der Waals surface area contributed by atoms with Crippen LogP contribution in [0.1, 0.15) is 6.92 Å². The molecule has 4 nitrogen and oxygen atoms in total. The van der Waals surface area contributed by atoms with E-state index in [-0.39, 0.29) is 0 Å². The van der Waals surface area contributed by atoms with Gasteiger partial charge in [0.15, 0.2) is 0 Å². The molecule has 0 amide bonds. The minimum Gasteiger partial charge on any atom is -0.397 e. The maximum absolute atomic E-state index is 5.84. The van der Waals surface area contributed by atoms with Crippen molar-refractivity contribution in [3.63, 3.8) is 0 Å². The third-order valence-electron chi connectivity index (χ3n) is 2.18. The van der Waals surface area contributed by atoms with E-state index in [2.05, 4.69) is 15.5 Å². The Kier molecular flexibility index (Phi) is 2.87. The molecule has 0 bridgehead atoms. The lowest BCUT2D eigenvalue weighted by atomic mass is 10.1. The molecule has 0 spiro atoms. The second kappa shape index (κ2) is 4.32. The molecule has 0 saturated carbocycles. The third-order valence-corrected chi connectivity index (χ3v) is 2.28. The quantitative estimate of drug-likeness (QED) is 0.549. The Labute approximate surface area is 98.9 Å². The summed E-state index contributed by atoms with van der Waals surface area (Å²) in [5.41, 5.74) is 9.30. The van der Waals surface area contributed by atoms with Gasteiger partial charge in [-0.2, -0.15) is 5.10 Å². The van der Waals surface area contributed by atoms with E-state index in [4.69, 9.17) is 18.0 Å². The molecule has 1 heterocycles. The average Bonchev–Trinajstić information content (AvgIpc) is 2.73. The van der Waals surface area contributed by atoms with E-state index in [0.717, 1.165) is 16.9 Å². The predicted molar refractivity (Wildman–Crippen MR) is 70.3 cm³/mol. The Morgan fingerprint density at radius 2 is 2.25 bits per heavy atom. The number of aromatic amines is 1. The summed E-state index contributed by atoms with van der Waals surface area (Å²) in [7, 11) is 0. The largest absolute Gasteiger partial charge is 0.397 e. The van der Waals surface area contributed by atoms with Gasteiger partial charge >= 0.3 is 0 Å². The van der Waals surface area contributed by atoms with Crippen LogP contribution in [0.3, 0.4) is 0 Å². The van der Waals surface area contributed by atoms with Crippen molar-refractivity contribution < 1.29 is 0 Å². The topological polar surface area (TPSA) is 66.7 Å². The van der Waals surface area contributed by atoms with E-state index in [1.807, 2.05) is 31.2 Å². The Bertz CT molecular complexity index is 505. The van der Waals surface area contributed by atoms with E-state index in [0.29, 0.717) is 10.7 Å². The molecular formula is C11H12N4S. The molecule has 0 aliphatic heterocycles. The van der Waals surface area contributed by atoms with Gasteiger partial charge in [-0.1, -0.05) is 18.3 Å². The van der Waals surface area contributed by atoms with Crippen LogP contribution in [0.15, 0.2) is 30.5 Å². The van der Waals surface area contributed by atoms with Crippen LogP contribution in [-0.4, -0.2) is 15.2 Å². The summed E-state index contributed by atoms with van der Waals surface area (Å²) in [6.07, 6.45) is 1.71. The number of nitrogens with two attached hydrogens (primary N) is 1. The van der Waals surface area contributed by atoms with Gasteiger partial charge in [-0.15, -0.1) is 0 Å². The summed E-state index contributed by atoms with van der Waals surface area (Å²) < 4.78 is 0. The smallest absolute Gasteiger partial charge is 0.0766 e. The Balaban J connectivity index is 2.39. The molecule has 2 rings (SSSR count). The van der Waals surface area contributed by atoms with Crippen molar-refractivity contribution in [2.75, 3.05) is 11.1 Å². The SMILES string of the molecule is CC(=S)Nc1cc(-c2ccn[nH]2)ccc1N. The highest BCUT2D eigenvalue weighted by Crippen LogP contribution is 2.25. The van der Waals surface area contributed by atoms with Crippen molar-refractivity contribution in [3.8, 4) is 11.3 Å². The summed E-state index contributed by atoms with van der Waals surface area (Å²) in [6.45, 7) is 1.82. The molecule has 16 heavy (non-hydrogen) atoms. The van der Waals surface area contributed by atoms with Gasteiger partial charge in [0.25, 0.3) is 0 Å². The van der Waals surface area contributed by atoms with Crippen molar-refractivity contribution in [2.24, 2.45) is 0 Å². The molecule has 0 aliphatic rings. The molecule has 0 radical (unpaired) electrons. The minimum absolute atomic E-state index is 0.674. The zero-order valence-corrected chi connectivity index (χ0v) is 9.64. The molecule has 82 valence electrons. The van der Waals surface area contributed by atoms with Crippen LogP contribution in [0, 0.1) is 0 Å². The van der Waals surface area contributed by atoms with Crippen LogP contribution in [0.4, 0.5) is 11.4 Å². The monoisotopic (exact) mass is 232 g/mol. The van der Waals surface area contributed by atoms with Crippen LogP contribution in [0.25, 0.3) is 11.3 Å². The molecule has 0 unspecified atom stereocenters. The van der Waals surface area contributed by atoms with Crippen LogP contribution in [-0.2, 0) is 0 Å². The molecule has 0 aliphatic carbocycles. The molecule has 1 aromatic carbocycles. The molecule has 5 heteroatoms. The van der Waals surface area contributed by atoms with Gasteiger partial charge in [-0.05, 0) is 25.1 Å². The van der Waals surface area contributed by atoms with Gasteiger partial charge in [0, 0.05) is 11.8 Å². The number of H-pyrrole nitrogens is 1. The first-order chi connectivity index (χ1) is 7.66. The first kappa shape index (κ1) is 10.6. The zero-order chi connectivity index (χ0) is 11.5. The van der Waals surface area contributed by atoms with Crippen LogP contribution < -0.4 is 11.1 Å². The third kappa shape index (κ3) is 2.20. The Morgan fingerprint density at radius 1 is 1.44 bits per heavy atom. The number of hydrogen-bond acceptors (Lipinski definition) is 3. The number of nitrogens with zero attached hydrogens (tertiary/aromatic N) is 1. The van der Waals surface area contributed by atoms with Crippen molar-refractivity contribution >= 4 is 28.6 Å². The fourth-order valence-corrected chi connectivity index (χ4v) is 1.55. The summed E-state index contributed by atoms with van der Waals surface area (Å²) in [6, 6.07) is 7.63. The van der Waals surface area contributed by atoms with Crippen LogP contribution in [0.5, 0.6) is 0 Å². The standard InChI is InChI=1S/C11H12N4S/c1-7(16)14-11-6-8(2-3-9(11)12)10-4-5-13-15-10/h2-6H,12H2,1H3,(H,13,15)(H,14,16). The Hall–Kier alpha value is -1.88. The van der Waals surface area contributed by atoms with Crippen molar-refractivity contribution in [3.05, 3.63) is 30.5 Å². The number of aromatic nitrogens is 2. The maximum atomic E-state index is 5.84. The van der Waals surface area contributed by atoms with Gasteiger partial charge in [-0.3, -0.25) is 5.10 Å². The predicted octanol–water partition coefficient (Wildman–Crippen LogP) is 2.42. The van der Waals surface area contributed by atoms with Gasteiger partial charge in [0.05, 0.1) is 22.1 Å². The normalized spacial score (nSPS) is 10.1. The lowest BCUT2D eigenvalue weighted by molar-refractivity contribution is 1.10. The highest BCUT2D eigenvalue weighted by Gasteiger charge is 2.04. The number of benzene rings is 1. The zero-order valence-electron chi connectivity index (χ0n) is 8.82. The first-order valence-corrected chi connectivity index (χ1v) is 5.24. The van der Waals surface area contributed by atoms with Crippen molar-refractivity contribution in [1.82, 2.24) is 10.2 Å². The average molecular weight is 232 g/mol. The number of thiocarbonyl (C=S) groups is 1. The van der Waals surface area contributed by atoms with Crippen LogP contribution in [0.2, 0.25) is 0 Å². The molecule has 0 atom stereocenters. The van der Waals surface area contributed by atoms with Gasteiger partial charge in [-0.25, -0.2) is 0 Å². The van der Waals surface area contributed by atoms with Crippen molar-refractivity contribution in [1.29, 1.82) is 0 Å². The number of anilines is 2. The molecular weight excluding hydrogens is 220 g/mol. The molecule has 0 fully saturated rings. The lowest BCUT2D eigenvalue weighted by Gasteiger charge is -2.09. The van der Waals surface area contributed by atoms with Gasteiger partial charge in [0.1, 0.15) is 0 Å². The summed E-state index contributed by atoms with van der Waals surface area (Å²) in [5, 5.41) is 9.86. The second-order valence-corrected chi connectivity index (χ2v) is 4.07. The van der Waals surface area contributed by atoms with E-state index in [1.165, 1.54) is 0 Å². The Morgan fingerprint density at radius 3 is 2.88 bits per heavy atom. The molecule has 0 saturated heterocycles. The number of nitrogen functional groups attached to an aromatic ring is 1.